The third kappa shape index (κ3) is 4.70. The molecule has 0 amide bonds. The molecular formula is C12H18N2O4S. The predicted octanol–water partition coefficient (Wildman–Crippen LogP) is 0.226. The van der Waals surface area contributed by atoms with Gasteiger partial charge < -0.3 is 14.8 Å². The summed E-state index contributed by atoms with van der Waals surface area (Å²) < 4.78 is 32.4. The fourth-order valence-electron chi connectivity index (χ4n) is 1.83. The lowest BCUT2D eigenvalue weighted by Gasteiger charge is -2.18. The number of primary sulfonamides is 1. The highest BCUT2D eigenvalue weighted by Gasteiger charge is 2.11. The lowest BCUT2D eigenvalue weighted by molar-refractivity contribution is 0.171. The zero-order chi connectivity index (χ0) is 13.7. The van der Waals surface area contributed by atoms with Crippen LogP contribution in [-0.4, -0.2) is 33.9 Å². The third-order valence-corrected chi connectivity index (χ3v) is 3.58. The third-order valence-electron chi connectivity index (χ3n) is 2.72. The first-order valence-electron chi connectivity index (χ1n) is 6.14. The molecular weight excluding hydrogens is 268 g/mol. The lowest BCUT2D eigenvalue weighted by atomic mass is 10.2. The van der Waals surface area contributed by atoms with Gasteiger partial charge in [0.15, 0.2) is 11.5 Å². The summed E-state index contributed by atoms with van der Waals surface area (Å²) in [5.74, 6) is 1.53. The molecule has 1 aliphatic rings. The highest BCUT2D eigenvalue weighted by molar-refractivity contribution is 7.89. The Morgan fingerprint density at radius 1 is 1.21 bits per heavy atom. The van der Waals surface area contributed by atoms with Crippen molar-refractivity contribution < 1.29 is 17.9 Å². The Hall–Kier alpha value is -1.31. The lowest BCUT2D eigenvalue weighted by Crippen LogP contribution is -2.22. The van der Waals surface area contributed by atoms with Gasteiger partial charge in [-0.2, -0.15) is 0 Å². The molecule has 3 N–H and O–H groups in total. The molecule has 6 nitrogen and oxygen atoms in total. The van der Waals surface area contributed by atoms with Crippen LogP contribution in [0, 0.1) is 0 Å². The Morgan fingerprint density at radius 3 is 2.68 bits per heavy atom. The molecule has 1 aliphatic heterocycles. The zero-order valence-corrected chi connectivity index (χ0v) is 11.4. The first-order chi connectivity index (χ1) is 9.04. The molecule has 0 atom stereocenters. The summed E-state index contributed by atoms with van der Waals surface area (Å²) in [5, 5.41) is 8.08. The maximum atomic E-state index is 10.7. The number of hydrogen-bond donors (Lipinski definition) is 2. The molecule has 0 spiro atoms. The van der Waals surface area contributed by atoms with Crippen LogP contribution >= 0.6 is 0 Å². The van der Waals surface area contributed by atoms with Gasteiger partial charge in [0, 0.05) is 6.54 Å². The second-order valence-electron chi connectivity index (χ2n) is 4.38. The molecule has 0 bridgehead atoms. The molecule has 19 heavy (non-hydrogen) atoms. The minimum absolute atomic E-state index is 0.00113. The summed E-state index contributed by atoms with van der Waals surface area (Å²) in [6.07, 6.45) is 0.503. The van der Waals surface area contributed by atoms with Crippen LogP contribution in [0.4, 0.5) is 0 Å². The number of hydrogen-bond acceptors (Lipinski definition) is 5. The summed E-state index contributed by atoms with van der Waals surface area (Å²) in [6, 6.07) is 5.78. The quantitative estimate of drug-likeness (QED) is 0.730. The normalized spacial score (nSPS) is 14.4. The van der Waals surface area contributed by atoms with Gasteiger partial charge in [-0.1, -0.05) is 6.07 Å². The van der Waals surface area contributed by atoms with E-state index in [0.717, 1.165) is 17.1 Å². The summed E-state index contributed by atoms with van der Waals surface area (Å²) in [7, 11) is -3.36. The molecule has 106 valence electrons. The second-order valence-corrected chi connectivity index (χ2v) is 6.11. The van der Waals surface area contributed by atoms with Gasteiger partial charge in [-0.15, -0.1) is 0 Å². The number of ether oxygens (including phenoxy) is 2. The predicted molar refractivity (Wildman–Crippen MR) is 71.7 cm³/mol. The highest BCUT2D eigenvalue weighted by atomic mass is 32.2. The van der Waals surface area contributed by atoms with Gasteiger partial charge in [0.1, 0.15) is 13.2 Å². The minimum Gasteiger partial charge on any atom is -0.486 e. The van der Waals surface area contributed by atoms with Crippen molar-refractivity contribution in [1.82, 2.24) is 5.32 Å². The molecule has 1 aromatic rings. The van der Waals surface area contributed by atoms with Crippen molar-refractivity contribution in [3.05, 3.63) is 23.8 Å². The Morgan fingerprint density at radius 2 is 1.95 bits per heavy atom. The van der Waals surface area contributed by atoms with Crippen molar-refractivity contribution in [3.8, 4) is 11.5 Å². The van der Waals surface area contributed by atoms with Crippen LogP contribution in [0.2, 0.25) is 0 Å². The molecule has 1 heterocycles. The molecule has 0 saturated carbocycles. The molecule has 0 aromatic heterocycles. The smallest absolute Gasteiger partial charge is 0.209 e. The summed E-state index contributed by atoms with van der Waals surface area (Å²) in [6.45, 7) is 2.41. The number of nitrogens with two attached hydrogens (primary N) is 1. The van der Waals surface area contributed by atoms with Crippen LogP contribution < -0.4 is 19.9 Å². The minimum atomic E-state index is -3.36. The average Bonchev–Trinajstić information content (AvgIpc) is 2.37. The largest absolute Gasteiger partial charge is 0.486 e. The molecule has 7 heteroatoms. The second kappa shape index (κ2) is 6.23. The maximum Gasteiger partial charge on any atom is 0.209 e. The Balaban J connectivity index is 1.77. The fraction of sp³-hybridized carbons (Fsp3) is 0.500. The summed E-state index contributed by atoms with van der Waals surface area (Å²) in [4.78, 5) is 0. The number of nitrogens with one attached hydrogen (secondary N) is 1. The number of rotatable bonds is 6. The van der Waals surface area contributed by atoms with Gasteiger partial charge >= 0.3 is 0 Å². The number of sulfonamides is 1. The summed E-state index contributed by atoms with van der Waals surface area (Å²) >= 11 is 0. The van der Waals surface area contributed by atoms with Gasteiger partial charge in [0.25, 0.3) is 0 Å². The van der Waals surface area contributed by atoms with Crippen molar-refractivity contribution in [2.75, 3.05) is 25.5 Å². The van der Waals surface area contributed by atoms with Crippen LogP contribution in [-0.2, 0) is 16.6 Å². The Labute approximate surface area is 112 Å². The Bertz CT molecular complexity index is 531. The molecule has 0 saturated heterocycles. The van der Waals surface area contributed by atoms with Crippen LogP contribution in [0.3, 0.4) is 0 Å². The standard InChI is InChI=1S/C12H18N2O4S/c13-19(15,16)7-1-4-14-9-10-2-3-11-12(8-10)18-6-5-17-11/h2-3,8,14H,1,4-7,9H2,(H2,13,15,16). The Kier molecular flexibility index (Phi) is 4.62. The van der Waals surface area contributed by atoms with Crippen molar-refractivity contribution in [2.45, 2.75) is 13.0 Å². The van der Waals surface area contributed by atoms with Gasteiger partial charge in [-0.25, -0.2) is 13.6 Å². The first kappa shape index (κ1) is 14.1. The van der Waals surface area contributed by atoms with Crippen molar-refractivity contribution in [3.63, 3.8) is 0 Å². The van der Waals surface area contributed by atoms with E-state index < -0.39 is 10.0 Å². The van der Waals surface area contributed by atoms with Crippen molar-refractivity contribution in [1.29, 1.82) is 0 Å². The molecule has 0 unspecified atom stereocenters. The van der Waals surface area contributed by atoms with E-state index in [1.54, 1.807) is 0 Å². The van der Waals surface area contributed by atoms with E-state index in [4.69, 9.17) is 14.6 Å². The van der Waals surface area contributed by atoms with Gasteiger partial charge in [0.05, 0.1) is 5.75 Å². The van der Waals surface area contributed by atoms with Gasteiger partial charge in [-0.05, 0) is 30.7 Å². The van der Waals surface area contributed by atoms with Crippen molar-refractivity contribution >= 4 is 10.0 Å². The van der Waals surface area contributed by atoms with Gasteiger partial charge in [0.2, 0.25) is 10.0 Å². The topological polar surface area (TPSA) is 90.7 Å². The van der Waals surface area contributed by atoms with Crippen molar-refractivity contribution in [2.24, 2.45) is 5.14 Å². The zero-order valence-electron chi connectivity index (χ0n) is 10.6. The molecule has 0 radical (unpaired) electrons. The SMILES string of the molecule is NS(=O)(=O)CCCNCc1ccc2c(c1)OCCO2. The van der Waals surface area contributed by atoms with Crippen LogP contribution in [0.5, 0.6) is 11.5 Å². The molecule has 0 aliphatic carbocycles. The van der Waals surface area contributed by atoms with E-state index in [1.807, 2.05) is 18.2 Å². The maximum absolute atomic E-state index is 10.7. The number of benzene rings is 1. The van der Waals surface area contributed by atoms with Crippen LogP contribution in [0.15, 0.2) is 18.2 Å². The fourth-order valence-corrected chi connectivity index (χ4v) is 2.38. The van der Waals surface area contributed by atoms with E-state index in [-0.39, 0.29) is 5.75 Å². The van der Waals surface area contributed by atoms with E-state index in [1.165, 1.54) is 0 Å². The van der Waals surface area contributed by atoms with E-state index in [0.29, 0.717) is 32.7 Å². The number of fused-ring (bicyclic) bond motifs is 1. The van der Waals surface area contributed by atoms with E-state index >= 15 is 0 Å². The average molecular weight is 286 g/mol. The van der Waals surface area contributed by atoms with Gasteiger partial charge in [-0.3, -0.25) is 0 Å². The van der Waals surface area contributed by atoms with Crippen LogP contribution in [0.25, 0.3) is 0 Å². The summed E-state index contributed by atoms with van der Waals surface area (Å²) in [5.41, 5.74) is 1.07. The molecule has 2 rings (SSSR count). The highest BCUT2D eigenvalue weighted by Crippen LogP contribution is 2.30. The first-order valence-corrected chi connectivity index (χ1v) is 7.86. The molecule has 0 fully saturated rings. The molecule has 1 aromatic carbocycles. The van der Waals surface area contributed by atoms with Crippen LogP contribution in [0.1, 0.15) is 12.0 Å². The van der Waals surface area contributed by atoms with E-state index in [2.05, 4.69) is 5.32 Å². The monoisotopic (exact) mass is 286 g/mol. The van der Waals surface area contributed by atoms with E-state index in [9.17, 15) is 8.42 Å².